The molecule has 0 saturated carbocycles. The summed E-state index contributed by atoms with van der Waals surface area (Å²) in [6.45, 7) is 1.93. The van der Waals surface area contributed by atoms with Crippen LogP contribution in [0, 0.1) is 0 Å². The molecule has 0 spiro atoms. The third kappa shape index (κ3) is 4.37. The standard InChI is InChI=1S/C19H23N5O2/c1-20-7-2-3-18(25)24-10-6-16(13-24)23-17-11-15(12-22-19(17)26)14-4-8-21-9-5-14/h2-5,8-9,11-12,16,20,23H,6-7,10,13H2,1H3,(H,22,26)/b3-2+/t16-/m1/s1. The van der Waals surface area contributed by atoms with Crippen molar-refractivity contribution < 1.29 is 4.79 Å². The Bertz CT molecular complexity index is 831. The Kier molecular flexibility index (Phi) is 5.80. The molecule has 7 heteroatoms. The molecule has 2 aromatic heterocycles. The Labute approximate surface area is 152 Å². The van der Waals surface area contributed by atoms with E-state index in [9.17, 15) is 9.59 Å². The molecular weight excluding hydrogens is 330 g/mol. The number of carbonyl (C=O) groups excluding carboxylic acids is 1. The van der Waals surface area contributed by atoms with E-state index in [4.69, 9.17) is 0 Å². The lowest BCUT2D eigenvalue weighted by molar-refractivity contribution is -0.125. The van der Waals surface area contributed by atoms with Crippen LogP contribution in [0.5, 0.6) is 0 Å². The lowest BCUT2D eigenvalue weighted by Crippen LogP contribution is -2.31. The van der Waals surface area contributed by atoms with Crippen molar-refractivity contribution in [1.82, 2.24) is 20.2 Å². The second kappa shape index (κ2) is 8.44. The molecule has 1 amide bonds. The first kappa shape index (κ1) is 17.9. The van der Waals surface area contributed by atoms with Gasteiger partial charge in [0.15, 0.2) is 0 Å². The molecule has 0 radical (unpaired) electrons. The minimum Gasteiger partial charge on any atom is -0.376 e. The van der Waals surface area contributed by atoms with E-state index in [0.29, 0.717) is 25.3 Å². The molecule has 0 unspecified atom stereocenters. The number of amides is 1. The number of aromatic amines is 1. The first-order valence-corrected chi connectivity index (χ1v) is 8.67. The number of nitrogens with zero attached hydrogens (tertiary/aromatic N) is 2. The molecule has 0 aliphatic carbocycles. The van der Waals surface area contributed by atoms with Crippen LogP contribution in [0.2, 0.25) is 0 Å². The fraction of sp³-hybridized carbons (Fsp3) is 0.316. The highest BCUT2D eigenvalue weighted by atomic mass is 16.2. The van der Waals surface area contributed by atoms with E-state index in [1.807, 2.05) is 31.3 Å². The minimum absolute atomic E-state index is 0.00370. The van der Waals surface area contributed by atoms with Crippen LogP contribution in [-0.2, 0) is 4.79 Å². The molecule has 3 heterocycles. The smallest absolute Gasteiger partial charge is 0.271 e. The highest BCUT2D eigenvalue weighted by molar-refractivity contribution is 5.87. The number of aromatic nitrogens is 2. The first-order chi connectivity index (χ1) is 12.7. The molecule has 136 valence electrons. The maximum absolute atomic E-state index is 12.2. The highest BCUT2D eigenvalue weighted by Crippen LogP contribution is 2.20. The Hall–Kier alpha value is -2.93. The van der Waals surface area contributed by atoms with Crippen LogP contribution < -0.4 is 16.2 Å². The zero-order chi connectivity index (χ0) is 18.4. The normalized spacial score (nSPS) is 17.0. The first-order valence-electron chi connectivity index (χ1n) is 8.67. The maximum atomic E-state index is 12.2. The summed E-state index contributed by atoms with van der Waals surface area (Å²) in [6.07, 6.45) is 9.34. The molecule has 3 rings (SSSR count). The molecule has 7 nitrogen and oxygen atoms in total. The van der Waals surface area contributed by atoms with Crippen LogP contribution in [0.1, 0.15) is 6.42 Å². The van der Waals surface area contributed by atoms with Crippen molar-refractivity contribution in [2.75, 3.05) is 32.0 Å². The van der Waals surface area contributed by atoms with E-state index in [1.165, 1.54) is 0 Å². The van der Waals surface area contributed by atoms with Gasteiger partial charge in [-0.3, -0.25) is 14.6 Å². The Morgan fingerprint density at radius 3 is 2.96 bits per heavy atom. The van der Waals surface area contributed by atoms with Gasteiger partial charge in [0.05, 0.1) is 0 Å². The van der Waals surface area contributed by atoms with Crippen molar-refractivity contribution in [1.29, 1.82) is 0 Å². The Balaban J connectivity index is 1.66. The predicted molar refractivity (Wildman–Crippen MR) is 102 cm³/mol. The highest BCUT2D eigenvalue weighted by Gasteiger charge is 2.25. The largest absolute Gasteiger partial charge is 0.376 e. The SMILES string of the molecule is CNC/C=C/C(=O)N1CC[C@@H](Nc2cc(-c3ccncc3)c[nH]c2=O)C1. The second-order valence-corrected chi connectivity index (χ2v) is 6.24. The Morgan fingerprint density at radius 2 is 2.19 bits per heavy atom. The van der Waals surface area contributed by atoms with Gasteiger partial charge in [-0.05, 0) is 37.2 Å². The Morgan fingerprint density at radius 1 is 1.38 bits per heavy atom. The van der Waals surface area contributed by atoms with E-state index < -0.39 is 0 Å². The summed E-state index contributed by atoms with van der Waals surface area (Å²) >= 11 is 0. The predicted octanol–water partition coefficient (Wildman–Crippen LogP) is 1.23. The summed E-state index contributed by atoms with van der Waals surface area (Å²) in [5.41, 5.74) is 2.25. The molecule has 2 aromatic rings. The van der Waals surface area contributed by atoms with Gasteiger partial charge in [0.1, 0.15) is 5.69 Å². The van der Waals surface area contributed by atoms with Crippen molar-refractivity contribution in [3.8, 4) is 11.1 Å². The van der Waals surface area contributed by atoms with Crippen LogP contribution in [0.25, 0.3) is 11.1 Å². The molecular formula is C19H23N5O2. The minimum atomic E-state index is -0.165. The number of likely N-dealkylation sites (N-methyl/N-ethyl adjacent to an activating group) is 1. The lowest BCUT2D eigenvalue weighted by atomic mass is 10.1. The summed E-state index contributed by atoms with van der Waals surface area (Å²) in [5.74, 6) is 0.00370. The van der Waals surface area contributed by atoms with Gasteiger partial charge in [-0.25, -0.2) is 0 Å². The maximum Gasteiger partial charge on any atom is 0.271 e. The van der Waals surface area contributed by atoms with E-state index in [-0.39, 0.29) is 17.5 Å². The molecule has 1 saturated heterocycles. The number of hydrogen-bond acceptors (Lipinski definition) is 5. The molecule has 1 aliphatic rings. The number of nitrogens with one attached hydrogen (secondary N) is 3. The molecule has 1 atom stereocenters. The van der Waals surface area contributed by atoms with Crippen LogP contribution in [-0.4, -0.2) is 53.5 Å². The van der Waals surface area contributed by atoms with Crippen molar-refractivity contribution >= 4 is 11.6 Å². The summed E-state index contributed by atoms with van der Waals surface area (Å²) in [6, 6.07) is 5.69. The topological polar surface area (TPSA) is 90.1 Å². The third-order valence-corrected chi connectivity index (χ3v) is 4.36. The molecule has 3 N–H and O–H groups in total. The summed E-state index contributed by atoms with van der Waals surface area (Å²) in [5, 5.41) is 6.25. The zero-order valence-corrected chi connectivity index (χ0v) is 14.7. The number of pyridine rings is 2. The number of anilines is 1. The van der Waals surface area contributed by atoms with Gasteiger partial charge in [-0.1, -0.05) is 6.08 Å². The van der Waals surface area contributed by atoms with Gasteiger partial charge in [0.2, 0.25) is 5.91 Å². The van der Waals surface area contributed by atoms with Crippen LogP contribution in [0.15, 0.2) is 53.7 Å². The summed E-state index contributed by atoms with van der Waals surface area (Å²) in [7, 11) is 1.84. The molecule has 26 heavy (non-hydrogen) atoms. The van der Waals surface area contributed by atoms with Crippen molar-refractivity contribution in [3.63, 3.8) is 0 Å². The average Bonchev–Trinajstić information content (AvgIpc) is 3.13. The average molecular weight is 353 g/mol. The summed E-state index contributed by atoms with van der Waals surface area (Å²) < 4.78 is 0. The number of H-pyrrole nitrogens is 1. The molecule has 1 aliphatic heterocycles. The van der Waals surface area contributed by atoms with Gasteiger partial charge in [-0.2, -0.15) is 0 Å². The summed E-state index contributed by atoms with van der Waals surface area (Å²) in [4.78, 5) is 32.9. The molecule has 0 aromatic carbocycles. The van der Waals surface area contributed by atoms with Gasteiger partial charge in [0.25, 0.3) is 5.56 Å². The zero-order valence-electron chi connectivity index (χ0n) is 14.7. The number of rotatable bonds is 6. The van der Waals surface area contributed by atoms with Crippen molar-refractivity contribution in [3.05, 3.63) is 59.3 Å². The van der Waals surface area contributed by atoms with Gasteiger partial charge < -0.3 is 20.5 Å². The monoisotopic (exact) mass is 353 g/mol. The van der Waals surface area contributed by atoms with E-state index in [0.717, 1.165) is 17.5 Å². The lowest BCUT2D eigenvalue weighted by Gasteiger charge is -2.16. The fourth-order valence-electron chi connectivity index (χ4n) is 2.98. The quantitative estimate of drug-likeness (QED) is 0.680. The van der Waals surface area contributed by atoms with Crippen LogP contribution >= 0.6 is 0 Å². The van der Waals surface area contributed by atoms with Crippen LogP contribution in [0.4, 0.5) is 5.69 Å². The van der Waals surface area contributed by atoms with Gasteiger partial charge >= 0.3 is 0 Å². The second-order valence-electron chi connectivity index (χ2n) is 6.24. The van der Waals surface area contributed by atoms with E-state index in [2.05, 4.69) is 20.6 Å². The number of hydrogen-bond donors (Lipinski definition) is 3. The van der Waals surface area contributed by atoms with Crippen molar-refractivity contribution in [2.24, 2.45) is 0 Å². The number of likely N-dealkylation sites (tertiary alicyclic amines) is 1. The van der Waals surface area contributed by atoms with Gasteiger partial charge in [-0.15, -0.1) is 0 Å². The number of carbonyl (C=O) groups is 1. The molecule has 0 bridgehead atoms. The molecule has 1 fully saturated rings. The van der Waals surface area contributed by atoms with E-state index >= 15 is 0 Å². The van der Waals surface area contributed by atoms with Gasteiger partial charge in [0, 0.05) is 55.9 Å². The van der Waals surface area contributed by atoms with Crippen molar-refractivity contribution in [2.45, 2.75) is 12.5 Å². The van der Waals surface area contributed by atoms with Crippen LogP contribution in [0.3, 0.4) is 0 Å². The van der Waals surface area contributed by atoms with E-state index in [1.54, 1.807) is 29.6 Å². The fourth-order valence-corrected chi connectivity index (χ4v) is 2.98. The third-order valence-electron chi connectivity index (χ3n) is 4.36.